The summed E-state index contributed by atoms with van der Waals surface area (Å²) in [5.74, 6) is 2.75. The molecule has 0 spiro atoms. The molecule has 0 saturated heterocycles. The molecule has 4 heteroatoms. The van der Waals surface area contributed by atoms with Crippen molar-refractivity contribution in [2.45, 2.75) is 8.65 Å². The fourth-order valence-corrected chi connectivity index (χ4v) is 8.09. The molecule has 0 radical (unpaired) electrons. The van der Waals surface area contributed by atoms with Gasteiger partial charge in [0.15, 0.2) is 11.6 Å². The zero-order valence-electron chi connectivity index (χ0n) is 7.04. The van der Waals surface area contributed by atoms with E-state index in [-0.39, 0.29) is 11.8 Å². The number of carbonyl (C=O) groups is 2. The van der Waals surface area contributed by atoms with Gasteiger partial charge in [-0.2, -0.15) is 0 Å². The second-order valence-electron chi connectivity index (χ2n) is 5.43. The molecule has 5 rings (SSSR count). The number of Topliss-reactive ketones (excluding diaryl/α,β-unsaturated/α-hetero) is 2. The van der Waals surface area contributed by atoms with Crippen LogP contribution in [0.1, 0.15) is 0 Å². The zero-order valence-corrected chi connectivity index (χ0v) is 10.2. The van der Waals surface area contributed by atoms with Gasteiger partial charge in [0.05, 0.1) is 8.65 Å². The molecule has 0 bridgehead atoms. The quantitative estimate of drug-likeness (QED) is 0.628. The Bertz CT molecular complexity index is 411. The van der Waals surface area contributed by atoms with Gasteiger partial charge in [0.25, 0.3) is 0 Å². The summed E-state index contributed by atoms with van der Waals surface area (Å²) >= 11 is 7.15. The average molecular weight is 318 g/mol. The smallest absolute Gasteiger partial charge is 0.155 e. The van der Waals surface area contributed by atoms with E-state index >= 15 is 0 Å². The Kier molecular flexibility index (Phi) is 0.824. The van der Waals surface area contributed by atoms with Gasteiger partial charge in [-0.25, -0.2) is 0 Å². The van der Waals surface area contributed by atoms with Crippen LogP contribution in [0, 0.1) is 35.5 Å². The standard InChI is InChI=1S/C10H6Br2O2/c11-9-3-1-4-2(3)6(8(9)14)10(4,12)7(13)5(1)9/h1-6H. The van der Waals surface area contributed by atoms with E-state index < -0.39 is 8.65 Å². The zero-order chi connectivity index (χ0) is 9.62. The first-order chi connectivity index (χ1) is 6.55. The second kappa shape index (κ2) is 1.53. The Morgan fingerprint density at radius 2 is 1.21 bits per heavy atom. The minimum Gasteiger partial charge on any atom is -0.298 e. The van der Waals surface area contributed by atoms with Crippen LogP contribution in [0.5, 0.6) is 0 Å². The third kappa shape index (κ3) is 0.337. The van der Waals surface area contributed by atoms with E-state index in [1.54, 1.807) is 0 Å². The highest BCUT2D eigenvalue weighted by Gasteiger charge is 3.00. The van der Waals surface area contributed by atoms with Crippen molar-refractivity contribution in [3.63, 3.8) is 0 Å². The Morgan fingerprint density at radius 1 is 0.857 bits per heavy atom. The minimum atomic E-state index is -0.408. The van der Waals surface area contributed by atoms with Gasteiger partial charge < -0.3 is 0 Å². The largest absolute Gasteiger partial charge is 0.298 e. The number of ketones is 2. The SMILES string of the molecule is O=C1C2C3C4C5C(C(=O)C2(Br)C53)C14Br. The van der Waals surface area contributed by atoms with Crippen molar-refractivity contribution in [2.75, 3.05) is 0 Å². The van der Waals surface area contributed by atoms with Gasteiger partial charge in [0.1, 0.15) is 0 Å². The molecule has 72 valence electrons. The van der Waals surface area contributed by atoms with Crippen molar-refractivity contribution in [2.24, 2.45) is 35.5 Å². The summed E-state index contributed by atoms with van der Waals surface area (Å²) in [4.78, 5) is 24.3. The Labute approximate surface area is 97.1 Å². The molecule has 5 fully saturated rings. The summed E-state index contributed by atoms with van der Waals surface area (Å²) in [7, 11) is 0. The predicted octanol–water partition coefficient (Wildman–Crippen LogP) is 1.16. The summed E-state index contributed by atoms with van der Waals surface area (Å²) in [5, 5.41) is 0. The van der Waals surface area contributed by atoms with Gasteiger partial charge in [0, 0.05) is 11.8 Å². The van der Waals surface area contributed by atoms with Gasteiger partial charge in [-0.1, -0.05) is 31.9 Å². The Balaban J connectivity index is 1.91. The summed E-state index contributed by atoms with van der Waals surface area (Å²) in [6.45, 7) is 0. The van der Waals surface area contributed by atoms with Crippen LogP contribution >= 0.6 is 31.9 Å². The molecule has 5 saturated carbocycles. The van der Waals surface area contributed by atoms with Crippen molar-refractivity contribution in [1.82, 2.24) is 0 Å². The first-order valence-electron chi connectivity index (χ1n) is 5.02. The van der Waals surface area contributed by atoms with Crippen LogP contribution in [0.25, 0.3) is 0 Å². The van der Waals surface area contributed by atoms with Crippen LogP contribution in [0.15, 0.2) is 0 Å². The van der Waals surface area contributed by atoms with Crippen LogP contribution in [-0.4, -0.2) is 20.2 Å². The van der Waals surface area contributed by atoms with E-state index in [1.807, 2.05) is 0 Å². The van der Waals surface area contributed by atoms with Crippen molar-refractivity contribution in [3.05, 3.63) is 0 Å². The fourth-order valence-electron chi connectivity index (χ4n) is 5.34. The van der Waals surface area contributed by atoms with Gasteiger partial charge in [-0.05, 0) is 23.7 Å². The normalized spacial score (nSPS) is 79.6. The van der Waals surface area contributed by atoms with Gasteiger partial charge in [-0.15, -0.1) is 0 Å². The van der Waals surface area contributed by atoms with Crippen molar-refractivity contribution >= 4 is 43.4 Å². The highest BCUT2D eigenvalue weighted by molar-refractivity contribution is 9.10. The van der Waals surface area contributed by atoms with E-state index in [0.717, 1.165) is 0 Å². The molecule has 0 amide bonds. The fraction of sp³-hybridized carbons (Fsp3) is 0.800. The monoisotopic (exact) mass is 316 g/mol. The maximum absolute atomic E-state index is 12.1. The molecule has 0 aromatic heterocycles. The van der Waals surface area contributed by atoms with Gasteiger partial charge in [0.2, 0.25) is 0 Å². The highest BCUT2D eigenvalue weighted by atomic mass is 79.9. The molecule has 0 aromatic carbocycles. The van der Waals surface area contributed by atoms with Gasteiger partial charge in [-0.3, -0.25) is 9.59 Å². The van der Waals surface area contributed by atoms with E-state index in [0.29, 0.717) is 35.2 Å². The van der Waals surface area contributed by atoms with E-state index in [2.05, 4.69) is 31.9 Å². The minimum absolute atomic E-state index is 0.0133. The maximum Gasteiger partial charge on any atom is 0.155 e. The molecule has 0 aromatic rings. The summed E-state index contributed by atoms with van der Waals surface area (Å²) in [5.41, 5.74) is 0. The molecule has 2 nitrogen and oxygen atoms in total. The van der Waals surface area contributed by atoms with Crippen LogP contribution in [0.3, 0.4) is 0 Å². The molecule has 4 atom stereocenters. The molecule has 0 aliphatic heterocycles. The highest BCUT2D eigenvalue weighted by Crippen LogP contribution is 2.92. The van der Waals surface area contributed by atoms with E-state index in [1.165, 1.54) is 0 Å². The van der Waals surface area contributed by atoms with E-state index in [4.69, 9.17) is 0 Å². The molecule has 4 unspecified atom stereocenters. The lowest BCUT2D eigenvalue weighted by Gasteiger charge is -2.67. The molecule has 5 aliphatic rings. The number of rotatable bonds is 0. The van der Waals surface area contributed by atoms with Gasteiger partial charge >= 0.3 is 0 Å². The van der Waals surface area contributed by atoms with Crippen molar-refractivity contribution in [3.8, 4) is 0 Å². The maximum atomic E-state index is 12.1. The Hall–Kier alpha value is 0.300. The van der Waals surface area contributed by atoms with Crippen molar-refractivity contribution < 1.29 is 9.59 Å². The van der Waals surface area contributed by atoms with E-state index in [9.17, 15) is 9.59 Å². The van der Waals surface area contributed by atoms with Crippen LogP contribution < -0.4 is 0 Å². The van der Waals surface area contributed by atoms with Crippen LogP contribution in [0.2, 0.25) is 0 Å². The number of alkyl halides is 2. The number of fused-ring (bicyclic) bond motifs is 2. The predicted molar refractivity (Wildman–Crippen MR) is 54.3 cm³/mol. The Morgan fingerprint density at radius 3 is 1.57 bits per heavy atom. The molecular weight excluding hydrogens is 312 g/mol. The third-order valence-corrected chi connectivity index (χ3v) is 8.45. The van der Waals surface area contributed by atoms with Crippen LogP contribution in [-0.2, 0) is 9.59 Å². The number of hydrogen-bond donors (Lipinski definition) is 0. The summed E-state index contributed by atoms with van der Waals surface area (Å²) < 4.78 is -0.817. The average Bonchev–Trinajstić information content (AvgIpc) is 2.31. The molecule has 5 aliphatic carbocycles. The van der Waals surface area contributed by atoms with Crippen LogP contribution in [0.4, 0.5) is 0 Å². The lowest BCUT2D eigenvalue weighted by atomic mass is 9.39. The lowest BCUT2D eigenvalue weighted by molar-refractivity contribution is -0.159. The summed E-state index contributed by atoms with van der Waals surface area (Å²) in [6, 6.07) is 0. The molecule has 0 N–H and O–H groups in total. The number of carbonyl (C=O) groups excluding carboxylic acids is 2. The van der Waals surface area contributed by atoms with Crippen molar-refractivity contribution in [1.29, 1.82) is 0 Å². The lowest BCUT2D eigenvalue weighted by Crippen LogP contribution is -2.70. The molecule has 14 heavy (non-hydrogen) atoms. The first kappa shape index (κ1) is 7.55. The molecule has 0 heterocycles. The number of hydrogen-bond acceptors (Lipinski definition) is 2. The topological polar surface area (TPSA) is 34.1 Å². The molecular formula is C10H6Br2O2. The first-order valence-corrected chi connectivity index (χ1v) is 6.60. The number of halogens is 2. The summed E-state index contributed by atoms with van der Waals surface area (Å²) in [6.07, 6.45) is 0. The third-order valence-electron chi connectivity index (χ3n) is 5.62. The second-order valence-corrected chi connectivity index (χ2v) is 8.05.